The first-order valence-electron chi connectivity index (χ1n) is 10.9. The Morgan fingerprint density at radius 1 is 1.09 bits per heavy atom. The van der Waals surface area contributed by atoms with Crippen molar-refractivity contribution in [2.75, 3.05) is 18.0 Å². The molecule has 0 fully saturated rings. The summed E-state index contributed by atoms with van der Waals surface area (Å²) in [5.41, 5.74) is 3.61. The molecule has 0 unspecified atom stereocenters. The van der Waals surface area contributed by atoms with E-state index < -0.39 is 15.9 Å². The van der Waals surface area contributed by atoms with Gasteiger partial charge < -0.3 is 14.6 Å². The van der Waals surface area contributed by atoms with Crippen LogP contribution in [0.3, 0.4) is 0 Å². The molecule has 1 aliphatic heterocycles. The highest BCUT2D eigenvalue weighted by atomic mass is 32.2. The monoisotopic (exact) mass is 476 g/mol. The fraction of sp³-hybridized carbons (Fsp3) is 0.200. The highest BCUT2D eigenvalue weighted by Gasteiger charge is 2.31. The molecule has 1 N–H and O–H groups in total. The number of fused-ring (bicyclic) bond motifs is 2. The number of sulfonamides is 1. The summed E-state index contributed by atoms with van der Waals surface area (Å²) in [7, 11) is -0.509. The van der Waals surface area contributed by atoms with E-state index in [0.717, 1.165) is 16.6 Å². The molecule has 0 bridgehead atoms. The lowest BCUT2D eigenvalue weighted by Gasteiger charge is -2.20. The van der Waals surface area contributed by atoms with Crippen LogP contribution in [0.2, 0.25) is 0 Å². The van der Waals surface area contributed by atoms with E-state index in [4.69, 9.17) is 4.74 Å². The highest BCUT2D eigenvalue weighted by molar-refractivity contribution is 7.92. The van der Waals surface area contributed by atoms with E-state index in [2.05, 4.69) is 10.3 Å². The number of para-hydroxylation sites is 3. The van der Waals surface area contributed by atoms with Crippen LogP contribution in [0, 0.1) is 0 Å². The number of aromatic nitrogens is 2. The van der Waals surface area contributed by atoms with Crippen LogP contribution in [-0.2, 0) is 30.0 Å². The highest BCUT2D eigenvalue weighted by Crippen LogP contribution is 2.34. The van der Waals surface area contributed by atoms with Crippen molar-refractivity contribution in [2.24, 2.45) is 7.05 Å². The zero-order chi connectivity index (χ0) is 23.9. The Balaban J connectivity index is 1.43. The fourth-order valence-corrected chi connectivity index (χ4v) is 5.85. The number of imidazole rings is 1. The van der Waals surface area contributed by atoms with E-state index in [0.29, 0.717) is 30.2 Å². The standard InChI is InChI=1S/C25H24N4O4S/c1-28-22-10-6-4-8-20(22)27-24(28)16-26-25(30)19-15-18(11-12-23(19)33-2)34(31,32)29-14-13-17-7-3-5-9-21(17)29/h3-12,15H,13-14,16H2,1-2H3,(H,26,30). The first-order chi connectivity index (χ1) is 16.4. The second-order valence-electron chi connectivity index (χ2n) is 8.08. The third-order valence-electron chi connectivity index (χ3n) is 6.13. The topological polar surface area (TPSA) is 93.5 Å². The van der Waals surface area contributed by atoms with Crippen LogP contribution < -0.4 is 14.4 Å². The number of carbonyl (C=O) groups excluding carboxylic acids is 1. The van der Waals surface area contributed by atoms with E-state index in [1.54, 1.807) is 6.07 Å². The van der Waals surface area contributed by atoms with Gasteiger partial charge in [0.15, 0.2) is 0 Å². The zero-order valence-corrected chi connectivity index (χ0v) is 19.7. The number of anilines is 1. The zero-order valence-electron chi connectivity index (χ0n) is 18.9. The van der Waals surface area contributed by atoms with Gasteiger partial charge in [-0.05, 0) is 48.4 Å². The molecule has 34 heavy (non-hydrogen) atoms. The molecule has 0 aliphatic carbocycles. The predicted molar refractivity (Wildman–Crippen MR) is 130 cm³/mol. The number of hydrogen-bond donors (Lipinski definition) is 1. The van der Waals surface area contributed by atoms with Gasteiger partial charge in [0.05, 0.1) is 40.8 Å². The van der Waals surface area contributed by atoms with Crippen molar-refractivity contribution in [3.05, 3.63) is 83.7 Å². The number of methoxy groups -OCH3 is 1. The molecular weight excluding hydrogens is 452 g/mol. The molecule has 0 atom stereocenters. The van der Waals surface area contributed by atoms with Crippen LogP contribution in [0.5, 0.6) is 5.75 Å². The minimum Gasteiger partial charge on any atom is -0.496 e. The maximum atomic E-state index is 13.4. The second-order valence-corrected chi connectivity index (χ2v) is 9.94. The largest absolute Gasteiger partial charge is 0.496 e. The van der Waals surface area contributed by atoms with E-state index >= 15 is 0 Å². The molecule has 0 saturated heterocycles. The Kier molecular flexibility index (Phi) is 5.49. The summed E-state index contributed by atoms with van der Waals surface area (Å²) in [6, 6.07) is 19.5. The number of benzene rings is 3. The Morgan fingerprint density at radius 3 is 2.65 bits per heavy atom. The molecule has 8 nitrogen and oxygen atoms in total. The fourth-order valence-electron chi connectivity index (χ4n) is 4.32. The van der Waals surface area contributed by atoms with Crippen molar-refractivity contribution in [2.45, 2.75) is 17.9 Å². The van der Waals surface area contributed by atoms with Gasteiger partial charge in [0.1, 0.15) is 11.6 Å². The molecule has 2 heterocycles. The third kappa shape index (κ3) is 3.67. The SMILES string of the molecule is COc1ccc(S(=O)(=O)N2CCc3ccccc32)cc1C(=O)NCc1nc2ccccc2n1C. The van der Waals surface area contributed by atoms with Gasteiger partial charge in [-0.1, -0.05) is 30.3 Å². The van der Waals surface area contributed by atoms with Crippen molar-refractivity contribution < 1.29 is 17.9 Å². The predicted octanol–water partition coefficient (Wildman–Crippen LogP) is 3.26. The summed E-state index contributed by atoms with van der Waals surface area (Å²) < 4.78 is 35.5. The van der Waals surface area contributed by atoms with Crippen molar-refractivity contribution in [3.8, 4) is 5.75 Å². The number of nitrogens with one attached hydrogen (secondary N) is 1. The van der Waals surface area contributed by atoms with Gasteiger partial charge in [-0.3, -0.25) is 9.10 Å². The van der Waals surface area contributed by atoms with Gasteiger partial charge in [0.2, 0.25) is 0 Å². The molecule has 5 rings (SSSR count). The summed E-state index contributed by atoms with van der Waals surface area (Å²) in [6.45, 7) is 0.547. The van der Waals surface area contributed by atoms with E-state index in [1.807, 2.05) is 54.1 Å². The van der Waals surface area contributed by atoms with Crippen molar-refractivity contribution in [3.63, 3.8) is 0 Å². The Bertz CT molecular complexity index is 1510. The average molecular weight is 477 g/mol. The van der Waals surface area contributed by atoms with Gasteiger partial charge in [-0.25, -0.2) is 13.4 Å². The molecule has 1 aliphatic rings. The van der Waals surface area contributed by atoms with Crippen LogP contribution in [0.1, 0.15) is 21.7 Å². The summed E-state index contributed by atoms with van der Waals surface area (Å²) in [5.74, 6) is 0.539. The Hall–Kier alpha value is -3.85. The Labute approximate surface area is 197 Å². The molecule has 3 aromatic carbocycles. The Morgan fingerprint density at radius 2 is 1.85 bits per heavy atom. The van der Waals surface area contributed by atoms with Crippen LogP contribution in [0.25, 0.3) is 11.0 Å². The van der Waals surface area contributed by atoms with E-state index in [1.165, 1.54) is 29.6 Å². The third-order valence-corrected chi connectivity index (χ3v) is 7.94. The van der Waals surface area contributed by atoms with Crippen molar-refractivity contribution in [1.29, 1.82) is 0 Å². The second kappa shape index (κ2) is 8.49. The smallest absolute Gasteiger partial charge is 0.264 e. The molecule has 0 radical (unpaired) electrons. The number of ether oxygens (including phenoxy) is 1. The van der Waals surface area contributed by atoms with Crippen LogP contribution in [-0.4, -0.2) is 37.5 Å². The maximum absolute atomic E-state index is 13.4. The molecule has 9 heteroatoms. The lowest BCUT2D eigenvalue weighted by atomic mass is 10.2. The summed E-state index contributed by atoms with van der Waals surface area (Å²) >= 11 is 0. The molecular formula is C25H24N4O4S. The summed E-state index contributed by atoms with van der Waals surface area (Å²) in [5, 5.41) is 2.84. The number of hydrogen-bond acceptors (Lipinski definition) is 5. The first-order valence-corrected chi connectivity index (χ1v) is 12.3. The molecule has 1 amide bonds. The average Bonchev–Trinajstić information content (AvgIpc) is 3.44. The number of nitrogens with zero attached hydrogens (tertiary/aromatic N) is 3. The van der Waals surface area contributed by atoms with Crippen LogP contribution in [0.15, 0.2) is 71.6 Å². The van der Waals surface area contributed by atoms with Gasteiger partial charge >= 0.3 is 0 Å². The van der Waals surface area contributed by atoms with Crippen molar-refractivity contribution in [1.82, 2.24) is 14.9 Å². The lowest BCUT2D eigenvalue weighted by Crippen LogP contribution is -2.30. The number of carbonyl (C=O) groups is 1. The molecule has 0 spiro atoms. The number of rotatable bonds is 6. The van der Waals surface area contributed by atoms with Crippen LogP contribution in [0.4, 0.5) is 5.69 Å². The first kappa shape index (κ1) is 22.0. The van der Waals surface area contributed by atoms with Gasteiger partial charge in [-0.2, -0.15) is 0 Å². The molecule has 4 aromatic rings. The summed E-state index contributed by atoms with van der Waals surface area (Å²) in [4.78, 5) is 17.7. The van der Waals surface area contributed by atoms with Gasteiger partial charge in [-0.15, -0.1) is 0 Å². The number of aryl methyl sites for hydroxylation is 1. The summed E-state index contributed by atoms with van der Waals surface area (Å²) in [6.07, 6.45) is 0.650. The molecule has 1 aromatic heterocycles. The molecule has 174 valence electrons. The van der Waals surface area contributed by atoms with Gasteiger partial charge in [0, 0.05) is 13.6 Å². The minimum absolute atomic E-state index is 0.0397. The van der Waals surface area contributed by atoms with Crippen LogP contribution >= 0.6 is 0 Å². The minimum atomic E-state index is -3.84. The quantitative estimate of drug-likeness (QED) is 0.461. The number of amides is 1. The lowest BCUT2D eigenvalue weighted by molar-refractivity contribution is 0.0946. The van der Waals surface area contributed by atoms with Gasteiger partial charge in [0.25, 0.3) is 15.9 Å². The van der Waals surface area contributed by atoms with E-state index in [-0.39, 0.29) is 17.0 Å². The van der Waals surface area contributed by atoms with E-state index in [9.17, 15) is 13.2 Å². The normalized spacial score (nSPS) is 13.2. The maximum Gasteiger partial charge on any atom is 0.264 e. The van der Waals surface area contributed by atoms with Crippen molar-refractivity contribution >= 4 is 32.7 Å². The molecule has 0 saturated carbocycles.